The van der Waals surface area contributed by atoms with Crippen LogP contribution in [0.2, 0.25) is 0 Å². The van der Waals surface area contributed by atoms with E-state index >= 15 is 0 Å². The maximum Gasteiger partial charge on any atom is 0.338 e. The van der Waals surface area contributed by atoms with Crippen LogP contribution in [0.5, 0.6) is 0 Å². The zero-order valence-corrected chi connectivity index (χ0v) is 18.8. The van der Waals surface area contributed by atoms with Gasteiger partial charge in [-0.15, -0.1) is 0 Å². The minimum Gasteiger partial charge on any atom is -0.457 e. The summed E-state index contributed by atoms with van der Waals surface area (Å²) >= 11 is 0. The van der Waals surface area contributed by atoms with E-state index in [9.17, 15) is 14.3 Å². The van der Waals surface area contributed by atoms with Gasteiger partial charge in [-0.2, -0.15) is 5.26 Å². The monoisotopic (exact) mass is 449 g/mol. The lowest BCUT2D eigenvalue weighted by Crippen LogP contribution is -2.43. The molecule has 2 saturated heterocycles. The first-order valence-electron chi connectivity index (χ1n) is 11.5. The zero-order valence-electron chi connectivity index (χ0n) is 18.8. The maximum absolute atomic E-state index is 14.4. The molecule has 1 atom stereocenters. The van der Waals surface area contributed by atoms with Gasteiger partial charge >= 0.3 is 5.97 Å². The summed E-state index contributed by atoms with van der Waals surface area (Å²) in [6.07, 6.45) is 2.39. The molecular formula is C26H28FN3O3. The summed E-state index contributed by atoms with van der Waals surface area (Å²) in [4.78, 5) is 16.1. The summed E-state index contributed by atoms with van der Waals surface area (Å²) in [5.74, 6) is -0.566. The fourth-order valence-corrected chi connectivity index (χ4v) is 5.65. The highest BCUT2D eigenvalue weighted by atomic mass is 19.1. The van der Waals surface area contributed by atoms with Crippen LogP contribution in [0, 0.1) is 29.5 Å². The van der Waals surface area contributed by atoms with Gasteiger partial charge in [0, 0.05) is 25.2 Å². The van der Waals surface area contributed by atoms with E-state index in [0.29, 0.717) is 23.4 Å². The molecule has 0 bridgehead atoms. The summed E-state index contributed by atoms with van der Waals surface area (Å²) in [6.45, 7) is 6.14. The van der Waals surface area contributed by atoms with Gasteiger partial charge in [0.05, 0.1) is 29.0 Å². The highest BCUT2D eigenvalue weighted by Crippen LogP contribution is 2.43. The van der Waals surface area contributed by atoms with Crippen LogP contribution < -0.4 is 4.90 Å². The Morgan fingerprint density at radius 3 is 2.73 bits per heavy atom. The van der Waals surface area contributed by atoms with E-state index in [0.717, 1.165) is 62.1 Å². The minimum absolute atomic E-state index is 0.151. The van der Waals surface area contributed by atoms with E-state index in [1.807, 2.05) is 13.0 Å². The van der Waals surface area contributed by atoms with Crippen molar-refractivity contribution >= 4 is 11.7 Å². The van der Waals surface area contributed by atoms with Gasteiger partial charge in [0.1, 0.15) is 12.4 Å². The molecule has 6 nitrogen and oxygen atoms in total. The number of piperidine rings is 1. The van der Waals surface area contributed by atoms with Crippen LogP contribution >= 0.6 is 0 Å². The third-order valence-corrected chi connectivity index (χ3v) is 7.77. The number of carbonyl (C=O) groups excluding carboxylic acids is 1. The Hall–Kier alpha value is -2.95. The molecule has 0 aliphatic carbocycles. The Balaban J connectivity index is 1.21. The standard InChI is InChI=1S/C26H28FN3O3/c1-17-19(3-4-20-21(17)15-33-25(20)32)24(31)14-29-9-6-26(7-10-29)8-11-30(16-26)23-12-18(13-28)2-5-22(23)27/h2-5,12,24,31H,6-11,14-16H2,1H3/t24-/m0/s1. The van der Waals surface area contributed by atoms with E-state index in [1.165, 1.54) is 12.1 Å². The van der Waals surface area contributed by atoms with Crippen molar-refractivity contribution in [3.63, 3.8) is 0 Å². The number of anilines is 1. The largest absolute Gasteiger partial charge is 0.457 e. The summed E-state index contributed by atoms with van der Waals surface area (Å²) < 4.78 is 19.5. The Bertz CT molecular complexity index is 1130. The Labute approximate surface area is 193 Å². The third kappa shape index (κ3) is 3.98. The number of benzene rings is 2. The molecule has 7 heteroatoms. The Kier molecular flexibility index (Phi) is 5.59. The highest BCUT2D eigenvalue weighted by Gasteiger charge is 2.41. The summed E-state index contributed by atoms with van der Waals surface area (Å²) in [5.41, 5.74) is 4.43. The fraction of sp³-hybridized carbons (Fsp3) is 0.462. The zero-order chi connectivity index (χ0) is 23.2. The molecule has 1 N–H and O–H groups in total. The van der Waals surface area contributed by atoms with Crippen molar-refractivity contribution in [2.45, 2.75) is 38.9 Å². The first-order valence-corrected chi connectivity index (χ1v) is 11.5. The average molecular weight is 450 g/mol. The topological polar surface area (TPSA) is 76.8 Å². The van der Waals surface area contributed by atoms with Crippen LogP contribution in [0.1, 0.15) is 58.0 Å². The lowest BCUT2D eigenvalue weighted by Gasteiger charge is -2.40. The molecule has 0 saturated carbocycles. The van der Waals surface area contributed by atoms with Crippen LogP contribution in [0.15, 0.2) is 30.3 Å². The predicted molar refractivity (Wildman–Crippen MR) is 121 cm³/mol. The number of hydrogen-bond donors (Lipinski definition) is 1. The molecule has 2 aromatic rings. The normalized spacial score (nSPS) is 20.5. The van der Waals surface area contributed by atoms with Gasteiger partial charge in [0.25, 0.3) is 0 Å². The number of aliphatic hydroxyl groups is 1. The molecule has 0 radical (unpaired) electrons. The highest BCUT2D eigenvalue weighted by molar-refractivity contribution is 5.93. The molecule has 0 unspecified atom stereocenters. The van der Waals surface area contributed by atoms with Gasteiger partial charge in [0.15, 0.2) is 0 Å². The first kappa shape index (κ1) is 21.9. The second-order valence-corrected chi connectivity index (χ2v) is 9.65. The maximum atomic E-state index is 14.4. The van der Waals surface area contributed by atoms with Crippen molar-refractivity contribution in [2.24, 2.45) is 5.41 Å². The van der Waals surface area contributed by atoms with E-state index in [1.54, 1.807) is 12.1 Å². The van der Waals surface area contributed by atoms with Gasteiger partial charge in [-0.25, -0.2) is 9.18 Å². The molecular weight excluding hydrogens is 421 g/mol. The van der Waals surface area contributed by atoms with Crippen molar-refractivity contribution in [3.8, 4) is 6.07 Å². The second kappa shape index (κ2) is 8.44. The molecule has 3 aliphatic rings. The van der Waals surface area contributed by atoms with Gasteiger partial charge in [-0.3, -0.25) is 0 Å². The van der Waals surface area contributed by atoms with Crippen molar-refractivity contribution in [1.82, 2.24) is 4.90 Å². The van der Waals surface area contributed by atoms with Gasteiger partial charge < -0.3 is 19.6 Å². The van der Waals surface area contributed by atoms with Crippen molar-refractivity contribution in [2.75, 3.05) is 37.6 Å². The van der Waals surface area contributed by atoms with Crippen molar-refractivity contribution in [3.05, 3.63) is 64.0 Å². The van der Waals surface area contributed by atoms with Gasteiger partial charge in [-0.1, -0.05) is 6.07 Å². The molecule has 0 amide bonds. The lowest BCUT2D eigenvalue weighted by molar-refractivity contribution is 0.0534. The van der Waals surface area contributed by atoms with Gasteiger partial charge in [-0.05, 0) is 80.1 Å². The van der Waals surface area contributed by atoms with E-state index in [2.05, 4.69) is 15.9 Å². The molecule has 5 rings (SSSR count). The first-order chi connectivity index (χ1) is 15.9. The molecule has 33 heavy (non-hydrogen) atoms. The number of carbonyl (C=O) groups is 1. The van der Waals surface area contributed by atoms with Crippen LogP contribution in [-0.2, 0) is 11.3 Å². The van der Waals surface area contributed by atoms with Crippen LogP contribution in [0.3, 0.4) is 0 Å². The Morgan fingerprint density at radius 2 is 1.97 bits per heavy atom. The number of esters is 1. The van der Waals surface area contributed by atoms with E-state index < -0.39 is 6.10 Å². The number of ether oxygens (including phenoxy) is 1. The predicted octanol–water partition coefficient (Wildman–Crippen LogP) is 3.70. The van der Waals surface area contributed by atoms with Crippen LogP contribution in [0.25, 0.3) is 0 Å². The molecule has 0 aromatic heterocycles. The average Bonchev–Trinajstić information content (AvgIpc) is 3.40. The minimum atomic E-state index is -0.622. The number of rotatable bonds is 4. The summed E-state index contributed by atoms with van der Waals surface area (Å²) in [5, 5.41) is 20.1. The van der Waals surface area contributed by atoms with E-state index in [-0.39, 0.29) is 23.8 Å². The third-order valence-electron chi connectivity index (χ3n) is 7.77. The smallest absolute Gasteiger partial charge is 0.338 e. The molecule has 2 fully saturated rings. The number of fused-ring (bicyclic) bond motifs is 1. The number of hydrogen-bond acceptors (Lipinski definition) is 6. The number of likely N-dealkylation sites (tertiary alicyclic amines) is 1. The SMILES string of the molecule is Cc1c([C@@H](O)CN2CCC3(CC2)CCN(c2cc(C#N)ccc2F)C3)ccc2c1COC2=O. The summed E-state index contributed by atoms with van der Waals surface area (Å²) in [6, 6.07) is 10.2. The second-order valence-electron chi connectivity index (χ2n) is 9.65. The van der Waals surface area contributed by atoms with Crippen LogP contribution in [0.4, 0.5) is 10.1 Å². The van der Waals surface area contributed by atoms with Crippen molar-refractivity contribution < 1.29 is 19.0 Å². The fourth-order valence-electron chi connectivity index (χ4n) is 5.65. The van der Waals surface area contributed by atoms with Crippen LogP contribution in [-0.4, -0.2) is 48.7 Å². The number of aliphatic hydroxyl groups excluding tert-OH is 1. The molecule has 1 spiro atoms. The number of nitrogens with zero attached hydrogens (tertiary/aromatic N) is 3. The summed E-state index contributed by atoms with van der Waals surface area (Å²) in [7, 11) is 0. The van der Waals surface area contributed by atoms with Gasteiger partial charge in [0.2, 0.25) is 0 Å². The number of nitriles is 1. The molecule has 172 valence electrons. The van der Waals surface area contributed by atoms with Crippen molar-refractivity contribution in [1.29, 1.82) is 5.26 Å². The Morgan fingerprint density at radius 1 is 1.21 bits per heavy atom. The number of β-amino-alcohol motifs (C(OH)–C–C–N with tert-alkyl or cyclic N) is 1. The van der Waals surface area contributed by atoms with E-state index in [4.69, 9.17) is 10.00 Å². The molecule has 3 aliphatic heterocycles. The molecule has 3 heterocycles. The molecule has 2 aromatic carbocycles. The number of halogens is 1. The number of cyclic esters (lactones) is 1. The quantitative estimate of drug-likeness (QED) is 0.718. The lowest BCUT2D eigenvalue weighted by atomic mass is 9.77.